The predicted molar refractivity (Wildman–Crippen MR) is 75.3 cm³/mol. The van der Waals surface area contributed by atoms with E-state index >= 15 is 0 Å². The molecule has 0 heterocycles. The maximum atomic E-state index is 11.9. The molecule has 2 rings (SSSR count). The number of nitriles is 1. The van der Waals surface area contributed by atoms with E-state index < -0.39 is 5.97 Å². The van der Waals surface area contributed by atoms with Crippen molar-refractivity contribution in [3.8, 4) is 11.8 Å². The van der Waals surface area contributed by atoms with Gasteiger partial charge >= 0.3 is 5.97 Å². The second-order valence-corrected chi connectivity index (χ2v) is 4.98. The van der Waals surface area contributed by atoms with Crippen LogP contribution in [-0.4, -0.2) is 5.97 Å². The lowest BCUT2D eigenvalue weighted by molar-refractivity contribution is 0.0735. The van der Waals surface area contributed by atoms with E-state index in [1.54, 1.807) is 30.3 Å². The summed E-state index contributed by atoms with van der Waals surface area (Å²) in [5, 5.41) is 9.02. The van der Waals surface area contributed by atoms with Gasteiger partial charge in [-0.1, -0.05) is 27.5 Å². The van der Waals surface area contributed by atoms with Crippen LogP contribution in [-0.2, 0) is 0 Å². The lowest BCUT2D eigenvalue weighted by Crippen LogP contribution is -2.08. The van der Waals surface area contributed by atoms with E-state index in [1.807, 2.05) is 6.07 Å². The number of esters is 1. The summed E-state index contributed by atoms with van der Waals surface area (Å²) in [4.78, 5) is 11.9. The first-order chi connectivity index (χ1) is 9.10. The minimum atomic E-state index is -0.520. The molecular weight excluding hydrogens is 330 g/mol. The van der Waals surface area contributed by atoms with Crippen LogP contribution in [0.5, 0.6) is 5.75 Å². The van der Waals surface area contributed by atoms with Gasteiger partial charge < -0.3 is 4.74 Å². The number of halogens is 2. The molecule has 0 atom stereocenters. The van der Waals surface area contributed by atoms with Crippen molar-refractivity contribution in [2.75, 3.05) is 0 Å². The molecular formula is C14H7BrClNO2. The summed E-state index contributed by atoms with van der Waals surface area (Å²) in [5.74, 6) is -0.229. The molecule has 0 N–H and O–H groups in total. The van der Waals surface area contributed by atoms with Crippen molar-refractivity contribution in [3.05, 3.63) is 63.1 Å². The van der Waals surface area contributed by atoms with Gasteiger partial charge in [0.1, 0.15) is 5.75 Å². The molecule has 0 aromatic heterocycles. The molecule has 0 saturated carbocycles. The van der Waals surface area contributed by atoms with Gasteiger partial charge in [0.2, 0.25) is 0 Å². The minimum absolute atomic E-state index is 0.291. The van der Waals surface area contributed by atoms with Gasteiger partial charge in [-0.15, -0.1) is 0 Å². The molecule has 3 nitrogen and oxygen atoms in total. The van der Waals surface area contributed by atoms with E-state index in [4.69, 9.17) is 21.6 Å². The first kappa shape index (κ1) is 13.6. The first-order valence-electron chi connectivity index (χ1n) is 5.27. The van der Waals surface area contributed by atoms with Gasteiger partial charge in [0.05, 0.1) is 22.2 Å². The third-order valence-corrected chi connectivity index (χ3v) is 3.13. The van der Waals surface area contributed by atoms with Gasteiger partial charge in [0.25, 0.3) is 0 Å². The lowest BCUT2D eigenvalue weighted by atomic mass is 10.1. The van der Waals surface area contributed by atoms with Crippen molar-refractivity contribution in [2.45, 2.75) is 0 Å². The van der Waals surface area contributed by atoms with Crippen molar-refractivity contribution < 1.29 is 9.53 Å². The number of ether oxygens (including phenoxy) is 1. The summed E-state index contributed by atoms with van der Waals surface area (Å²) in [6, 6.07) is 13.1. The number of rotatable bonds is 2. The van der Waals surface area contributed by atoms with Crippen LogP contribution < -0.4 is 4.74 Å². The van der Waals surface area contributed by atoms with Crippen molar-refractivity contribution in [1.82, 2.24) is 0 Å². The van der Waals surface area contributed by atoms with Gasteiger partial charge in [0, 0.05) is 4.47 Å². The van der Waals surface area contributed by atoms with Crippen LogP contribution in [0.4, 0.5) is 0 Å². The molecule has 0 spiro atoms. The van der Waals surface area contributed by atoms with E-state index in [1.165, 1.54) is 12.1 Å². The molecule has 0 bridgehead atoms. The largest absolute Gasteiger partial charge is 0.421 e. The number of hydrogen-bond donors (Lipinski definition) is 0. The second kappa shape index (κ2) is 5.87. The van der Waals surface area contributed by atoms with Gasteiger partial charge in [0.15, 0.2) is 0 Å². The second-order valence-electron chi connectivity index (χ2n) is 3.65. The van der Waals surface area contributed by atoms with Gasteiger partial charge in [-0.25, -0.2) is 4.79 Å². The summed E-state index contributed by atoms with van der Waals surface area (Å²) >= 11 is 9.23. The Morgan fingerprint density at radius 1 is 1.21 bits per heavy atom. The summed E-state index contributed by atoms with van der Waals surface area (Å²) in [6.45, 7) is 0. The zero-order chi connectivity index (χ0) is 13.8. The monoisotopic (exact) mass is 335 g/mol. The molecule has 0 amide bonds. The molecule has 0 saturated heterocycles. The van der Waals surface area contributed by atoms with Crippen LogP contribution in [0.2, 0.25) is 5.02 Å². The van der Waals surface area contributed by atoms with E-state index in [2.05, 4.69) is 15.9 Å². The number of benzene rings is 2. The Morgan fingerprint density at radius 3 is 2.47 bits per heavy atom. The van der Waals surface area contributed by atoms with Crippen molar-refractivity contribution >= 4 is 33.5 Å². The van der Waals surface area contributed by atoms with Crippen LogP contribution in [0.1, 0.15) is 15.9 Å². The van der Waals surface area contributed by atoms with Gasteiger partial charge in [-0.2, -0.15) is 5.26 Å². The zero-order valence-electron chi connectivity index (χ0n) is 9.56. The molecule has 5 heteroatoms. The molecule has 19 heavy (non-hydrogen) atoms. The maximum Gasteiger partial charge on any atom is 0.343 e. The van der Waals surface area contributed by atoms with Crippen LogP contribution in [0, 0.1) is 11.3 Å². The summed E-state index contributed by atoms with van der Waals surface area (Å²) in [7, 11) is 0. The Hall–Kier alpha value is -1.83. The molecule has 0 radical (unpaired) electrons. The van der Waals surface area contributed by atoms with Crippen molar-refractivity contribution in [2.24, 2.45) is 0 Å². The summed E-state index contributed by atoms with van der Waals surface area (Å²) in [6.07, 6.45) is 0. The average Bonchev–Trinajstić information content (AvgIpc) is 2.42. The Bertz CT molecular complexity index is 662. The Kier molecular flexibility index (Phi) is 4.20. The molecule has 0 fully saturated rings. The fourth-order valence-corrected chi connectivity index (χ4v) is 2.11. The number of nitrogens with zero attached hydrogens (tertiary/aromatic N) is 1. The maximum absolute atomic E-state index is 11.9. The molecule has 0 aliphatic heterocycles. The van der Waals surface area contributed by atoms with E-state index in [0.717, 1.165) is 4.47 Å². The smallest absolute Gasteiger partial charge is 0.343 e. The third kappa shape index (κ3) is 3.34. The Balaban J connectivity index is 2.18. The standard InChI is InChI=1S/C14H7BrClNO2/c15-11-5-6-13(12(16)7-11)19-14(18)10-3-1-9(8-17)2-4-10/h1-7H. The van der Waals surface area contributed by atoms with Crippen LogP contribution >= 0.6 is 27.5 Å². The highest BCUT2D eigenvalue weighted by Gasteiger charge is 2.11. The van der Waals surface area contributed by atoms with E-state index in [0.29, 0.717) is 21.9 Å². The molecule has 2 aromatic rings. The fraction of sp³-hybridized carbons (Fsp3) is 0. The van der Waals surface area contributed by atoms with Gasteiger partial charge in [-0.3, -0.25) is 0 Å². The highest BCUT2D eigenvalue weighted by molar-refractivity contribution is 9.10. The van der Waals surface area contributed by atoms with Crippen LogP contribution in [0.15, 0.2) is 46.9 Å². The van der Waals surface area contributed by atoms with Crippen LogP contribution in [0.3, 0.4) is 0 Å². The molecule has 2 aromatic carbocycles. The minimum Gasteiger partial charge on any atom is -0.421 e. The van der Waals surface area contributed by atoms with E-state index in [9.17, 15) is 4.79 Å². The average molecular weight is 337 g/mol. The number of carbonyl (C=O) groups is 1. The van der Waals surface area contributed by atoms with Gasteiger partial charge in [-0.05, 0) is 42.5 Å². The normalized spacial score (nSPS) is 9.74. The predicted octanol–water partition coefficient (Wildman–Crippen LogP) is 4.19. The number of carbonyl (C=O) groups excluding carboxylic acids is 1. The summed E-state index contributed by atoms with van der Waals surface area (Å²) in [5.41, 5.74) is 0.844. The van der Waals surface area contributed by atoms with E-state index in [-0.39, 0.29) is 0 Å². The Morgan fingerprint density at radius 2 is 1.89 bits per heavy atom. The molecule has 0 aliphatic carbocycles. The fourth-order valence-electron chi connectivity index (χ4n) is 1.40. The van der Waals surface area contributed by atoms with Crippen molar-refractivity contribution in [3.63, 3.8) is 0 Å². The Labute approximate surface area is 123 Å². The molecule has 0 aliphatic rings. The topological polar surface area (TPSA) is 50.1 Å². The quantitative estimate of drug-likeness (QED) is 0.610. The highest BCUT2D eigenvalue weighted by Crippen LogP contribution is 2.28. The lowest BCUT2D eigenvalue weighted by Gasteiger charge is -2.06. The SMILES string of the molecule is N#Cc1ccc(C(=O)Oc2ccc(Br)cc2Cl)cc1. The van der Waals surface area contributed by atoms with Crippen LogP contribution in [0.25, 0.3) is 0 Å². The third-order valence-electron chi connectivity index (χ3n) is 2.35. The number of hydrogen-bond acceptors (Lipinski definition) is 3. The summed E-state index contributed by atoms with van der Waals surface area (Å²) < 4.78 is 5.99. The van der Waals surface area contributed by atoms with Crippen molar-refractivity contribution in [1.29, 1.82) is 5.26 Å². The molecule has 94 valence electrons. The molecule has 0 unspecified atom stereocenters. The highest BCUT2D eigenvalue weighted by atomic mass is 79.9. The zero-order valence-corrected chi connectivity index (χ0v) is 11.9. The first-order valence-corrected chi connectivity index (χ1v) is 6.44.